The van der Waals surface area contributed by atoms with Crippen LogP contribution in [0, 0.1) is 13.8 Å². The number of likely N-dealkylation sites (N-methyl/N-ethyl adjacent to an activating group) is 1. The van der Waals surface area contributed by atoms with Gasteiger partial charge < -0.3 is 10.1 Å². The highest BCUT2D eigenvalue weighted by Gasteiger charge is 2.19. The molecular formula is C14H19NO. The van der Waals surface area contributed by atoms with E-state index >= 15 is 0 Å². The summed E-state index contributed by atoms with van der Waals surface area (Å²) in [5.74, 6) is 1.06. The van der Waals surface area contributed by atoms with Crippen LogP contribution in [0.1, 0.15) is 29.2 Å². The zero-order valence-corrected chi connectivity index (χ0v) is 10.2. The van der Waals surface area contributed by atoms with Crippen LogP contribution in [-0.2, 0) is 4.74 Å². The Bertz CT molecular complexity index is 409. The summed E-state index contributed by atoms with van der Waals surface area (Å²) in [5, 5.41) is 3.31. The third-order valence-corrected chi connectivity index (χ3v) is 3.17. The predicted molar refractivity (Wildman–Crippen MR) is 66.4 cm³/mol. The number of aryl methyl sites for hydroxylation is 2. The van der Waals surface area contributed by atoms with Crippen LogP contribution in [0.2, 0.25) is 0 Å². The monoisotopic (exact) mass is 217 g/mol. The molecule has 0 saturated heterocycles. The maximum absolute atomic E-state index is 5.63. The molecule has 2 heteroatoms. The molecule has 1 N–H and O–H groups in total. The summed E-state index contributed by atoms with van der Waals surface area (Å²) in [6, 6.07) is 6.78. The van der Waals surface area contributed by atoms with Crippen molar-refractivity contribution in [2.75, 3.05) is 13.7 Å². The number of hydrogen-bond acceptors (Lipinski definition) is 2. The van der Waals surface area contributed by atoms with Crippen molar-refractivity contribution in [2.45, 2.75) is 26.3 Å². The summed E-state index contributed by atoms with van der Waals surface area (Å²) >= 11 is 0. The summed E-state index contributed by atoms with van der Waals surface area (Å²) in [5.41, 5.74) is 3.94. The molecule has 0 radical (unpaired) electrons. The first kappa shape index (κ1) is 11.2. The number of ether oxygens (including phenoxy) is 1. The van der Waals surface area contributed by atoms with E-state index in [-0.39, 0.29) is 6.04 Å². The van der Waals surface area contributed by atoms with Crippen LogP contribution in [0.5, 0.6) is 0 Å². The number of rotatable bonds is 3. The second-order valence-corrected chi connectivity index (χ2v) is 4.31. The lowest BCUT2D eigenvalue weighted by molar-refractivity contribution is 0.218. The first-order valence-electron chi connectivity index (χ1n) is 5.79. The van der Waals surface area contributed by atoms with Crippen LogP contribution in [0.3, 0.4) is 0 Å². The molecule has 0 saturated carbocycles. The fourth-order valence-corrected chi connectivity index (χ4v) is 2.06. The van der Waals surface area contributed by atoms with Crippen LogP contribution in [-0.4, -0.2) is 13.7 Å². The van der Waals surface area contributed by atoms with E-state index < -0.39 is 0 Å². The number of hydrogen-bond donors (Lipinski definition) is 1. The molecule has 1 atom stereocenters. The van der Waals surface area contributed by atoms with Gasteiger partial charge in [-0.25, -0.2) is 0 Å². The SMILES string of the molecule is CNC(C1=CCCO1)c1ccc(C)c(C)c1. The Hall–Kier alpha value is -1.28. The topological polar surface area (TPSA) is 21.3 Å². The van der Waals surface area contributed by atoms with Gasteiger partial charge in [0, 0.05) is 6.42 Å². The van der Waals surface area contributed by atoms with Gasteiger partial charge in [-0.3, -0.25) is 0 Å². The largest absolute Gasteiger partial charge is 0.496 e. The molecule has 2 nitrogen and oxygen atoms in total. The summed E-state index contributed by atoms with van der Waals surface area (Å²) in [4.78, 5) is 0. The van der Waals surface area contributed by atoms with Crippen molar-refractivity contribution >= 4 is 0 Å². The summed E-state index contributed by atoms with van der Waals surface area (Å²) in [6.45, 7) is 5.10. The minimum absolute atomic E-state index is 0.196. The van der Waals surface area contributed by atoms with E-state index in [0.29, 0.717) is 0 Å². The molecule has 1 heterocycles. The van der Waals surface area contributed by atoms with Crippen LogP contribution in [0.4, 0.5) is 0 Å². The van der Waals surface area contributed by atoms with E-state index in [1.807, 2.05) is 7.05 Å². The van der Waals surface area contributed by atoms with Gasteiger partial charge >= 0.3 is 0 Å². The molecule has 0 bridgehead atoms. The quantitative estimate of drug-likeness (QED) is 0.840. The smallest absolute Gasteiger partial charge is 0.114 e. The van der Waals surface area contributed by atoms with Crippen molar-refractivity contribution in [3.8, 4) is 0 Å². The van der Waals surface area contributed by atoms with Gasteiger partial charge in [0.2, 0.25) is 0 Å². The maximum atomic E-state index is 5.63. The predicted octanol–water partition coefficient (Wildman–Crippen LogP) is 2.87. The van der Waals surface area contributed by atoms with Crippen LogP contribution >= 0.6 is 0 Å². The van der Waals surface area contributed by atoms with Gasteiger partial charge in [-0.1, -0.05) is 18.2 Å². The third kappa shape index (κ3) is 2.12. The molecule has 86 valence electrons. The van der Waals surface area contributed by atoms with Crippen LogP contribution < -0.4 is 5.32 Å². The standard InChI is InChI=1S/C14H19NO/c1-10-6-7-12(9-11(10)2)14(15-3)13-5-4-8-16-13/h5-7,9,14-15H,4,8H2,1-3H3. The van der Waals surface area contributed by atoms with Crippen molar-refractivity contribution in [3.05, 3.63) is 46.7 Å². The molecule has 1 aromatic carbocycles. The average Bonchev–Trinajstić information content (AvgIpc) is 2.78. The maximum Gasteiger partial charge on any atom is 0.114 e. The Morgan fingerprint density at radius 1 is 1.25 bits per heavy atom. The first-order chi connectivity index (χ1) is 7.72. The Kier molecular flexibility index (Phi) is 3.30. The third-order valence-electron chi connectivity index (χ3n) is 3.17. The molecule has 16 heavy (non-hydrogen) atoms. The van der Waals surface area contributed by atoms with Gasteiger partial charge in [0.1, 0.15) is 5.76 Å². The second-order valence-electron chi connectivity index (χ2n) is 4.31. The van der Waals surface area contributed by atoms with Crippen molar-refractivity contribution in [1.82, 2.24) is 5.32 Å². The van der Waals surface area contributed by atoms with Gasteiger partial charge in [-0.15, -0.1) is 0 Å². The summed E-state index contributed by atoms with van der Waals surface area (Å²) in [7, 11) is 1.97. The van der Waals surface area contributed by atoms with Gasteiger partial charge in [0.25, 0.3) is 0 Å². The van der Waals surface area contributed by atoms with Gasteiger partial charge in [0.15, 0.2) is 0 Å². The second kappa shape index (κ2) is 4.71. The van der Waals surface area contributed by atoms with E-state index in [9.17, 15) is 0 Å². The normalized spacial score (nSPS) is 16.8. The minimum Gasteiger partial charge on any atom is -0.496 e. The molecule has 0 aromatic heterocycles. The molecule has 1 aliphatic rings. The Balaban J connectivity index is 2.29. The van der Waals surface area contributed by atoms with Gasteiger partial charge in [0.05, 0.1) is 12.6 Å². The van der Waals surface area contributed by atoms with Crippen LogP contribution in [0.25, 0.3) is 0 Å². The minimum atomic E-state index is 0.196. The van der Waals surface area contributed by atoms with E-state index in [1.54, 1.807) is 0 Å². The first-order valence-corrected chi connectivity index (χ1v) is 5.79. The molecule has 1 aliphatic heterocycles. The van der Waals surface area contributed by atoms with E-state index in [4.69, 9.17) is 4.74 Å². The molecule has 0 fully saturated rings. The molecule has 0 amide bonds. The lowest BCUT2D eigenvalue weighted by atomic mass is 10.00. The fraction of sp³-hybridized carbons (Fsp3) is 0.429. The van der Waals surface area contributed by atoms with Crippen molar-refractivity contribution in [1.29, 1.82) is 0 Å². The molecule has 0 spiro atoms. The highest BCUT2D eigenvalue weighted by Crippen LogP contribution is 2.27. The van der Waals surface area contributed by atoms with E-state index in [0.717, 1.165) is 18.8 Å². The highest BCUT2D eigenvalue weighted by molar-refractivity contribution is 5.34. The highest BCUT2D eigenvalue weighted by atomic mass is 16.5. The Morgan fingerprint density at radius 2 is 2.06 bits per heavy atom. The average molecular weight is 217 g/mol. The van der Waals surface area contributed by atoms with Crippen LogP contribution in [0.15, 0.2) is 30.0 Å². The van der Waals surface area contributed by atoms with Crippen molar-refractivity contribution < 1.29 is 4.74 Å². The van der Waals surface area contributed by atoms with Gasteiger partial charge in [-0.05, 0) is 43.7 Å². The van der Waals surface area contributed by atoms with E-state index in [1.165, 1.54) is 16.7 Å². The van der Waals surface area contributed by atoms with Crippen molar-refractivity contribution in [2.24, 2.45) is 0 Å². The lowest BCUT2D eigenvalue weighted by Crippen LogP contribution is -2.19. The summed E-state index contributed by atoms with van der Waals surface area (Å²) < 4.78 is 5.63. The Labute approximate surface area is 97.3 Å². The van der Waals surface area contributed by atoms with E-state index in [2.05, 4.69) is 43.4 Å². The Morgan fingerprint density at radius 3 is 2.62 bits per heavy atom. The zero-order chi connectivity index (χ0) is 11.5. The van der Waals surface area contributed by atoms with Gasteiger partial charge in [-0.2, -0.15) is 0 Å². The fourth-order valence-electron chi connectivity index (χ4n) is 2.06. The van der Waals surface area contributed by atoms with Crippen molar-refractivity contribution in [3.63, 3.8) is 0 Å². The molecule has 0 aliphatic carbocycles. The number of nitrogens with one attached hydrogen (secondary N) is 1. The zero-order valence-electron chi connectivity index (χ0n) is 10.2. The molecule has 1 unspecified atom stereocenters. The summed E-state index contributed by atoms with van der Waals surface area (Å²) in [6.07, 6.45) is 3.20. The lowest BCUT2D eigenvalue weighted by Gasteiger charge is -2.18. The molecule has 1 aromatic rings. The number of benzene rings is 1. The molecular weight excluding hydrogens is 198 g/mol. The molecule has 2 rings (SSSR count).